The van der Waals surface area contributed by atoms with Gasteiger partial charge in [-0.1, -0.05) is 13.3 Å². The topological polar surface area (TPSA) is 50.8 Å². The average Bonchev–Trinajstić information content (AvgIpc) is 2.41. The highest BCUT2D eigenvalue weighted by Gasteiger charge is 2.38. The van der Waals surface area contributed by atoms with E-state index in [4.69, 9.17) is 9.47 Å². The van der Waals surface area contributed by atoms with Gasteiger partial charge in [0.25, 0.3) is 0 Å². The van der Waals surface area contributed by atoms with Crippen molar-refractivity contribution < 1.29 is 14.3 Å². The molecule has 1 amide bonds. The van der Waals surface area contributed by atoms with E-state index in [1.165, 1.54) is 0 Å². The lowest BCUT2D eigenvalue weighted by Gasteiger charge is -2.43. The molecule has 0 bridgehead atoms. The Morgan fingerprint density at radius 2 is 2.16 bits per heavy atom. The highest BCUT2D eigenvalue weighted by molar-refractivity contribution is 5.85. The number of hydrogen-bond donors (Lipinski definition) is 1. The summed E-state index contributed by atoms with van der Waals surface area (Å²) in [7, 11) is 0. The number of halogens is 1. The van der Waals surface area contributed by atoms with Crippen LogP contribution in [-0.2, 0) is 9.47 Å². The normalized spacial score (nSPS) is 21.8. The first kappa shape index (κ1) is 16.5. The molecule has 0 atom stereocenters. The van der Waals surface area contributed by atoms with Gasteiger partial charge in [-0.15, -0.1) is 12.4 Å². The Labute approximate surface area is 121 Å². The third kappa shape index (κ3) is 4.51. The molecule has 19 heavy (non-hydrogen) atoms. The number of morpholine rings is 1. The Morgan fingerprint density at radius 3 is 2.74 bits per heavy atom. The predicted molar refractivity (Wildman–Crippen MR) is 75.9 cm³/mol. The van der Waals surface area contributed by atoms with Gasteiger partial charge >= 0.3 is 6.09 Å². The first-order valence-electron chi connectivity index (χ1n) is 7.02. The van der Waals surface area contributed by atoms with Crippen LogP contribution in [0.2, 0.25) is 0 Å². The van der Waals surface area contributed by atoms with Gasteiger partial charge < -0.3 is 19.7 Å². The van der Waals surface area contributed by atoms with E-state index in [-0.39, 0.29) is 24.1 Å². The van der Waals surface area contributed by atoms with Crippen LogP contribution in [0.15, 0.2) is 0 Å². The minimum atomic E-state index is -0.165. The fourth-order valence-corrected chi connectivity index (χ4v) is 2.52. The number of amides is 1. The number of carbonyl (C=O) groups excluding carboxylic acids is 1. The Hall–Kier alpha value is -0.520. The monoisotopic (exact) mass is 292 g/mol. The summed E-state index contributed by atoms with van der Waals surface area (Å²) >= 11 is 0. The standard InChI is InChI=1S/C13H24N2O3.ClH/c1-2-3-9-17-12(16)15-7-4-13(5-8-15)11-14-6-10-18-13;/h14H,2-11H2,1H3;1H. The van der Waals surface area contributed by atoms with Gasteiger partial charge in [-0.25, -0.2) is 4.79 Å². The maximum atomic E-state index is 11.8. The molecule has 1 N–H and O–H groups in total. The van der Waals surface area contributed by atoms with Crippen molar-refractivity contribution in [3.05, 3.63) is 0 Å². The molecule has 2 heterocycles. The van der Waals surface area contributed by atoms with Crippen molar-refractivity contribution >= 4 is 18.5 Å². The first-order chi connectivity index (χ1) is 8.76. The van der Waals surface area contributed by atoms with Crippen LogP contribution in [0.4, 0.5) is 4.79 Å². The molecule has 0 saturated carbocycles. The molecule has 2 aliphatic heterocycles. The SMILES string of the molecule is CCCCOC(=O)N1CCC2(CC1)CNCCO2.Cl. The van der Waals surface area contributed by atoms with Crippen LogP contribution < -0.4 is 5.32 Å². The molecule has 1 spiro atoms. The number of carbonyl (C=O) groups is 1. The van der Waals surface area contributed by atoms with Crippen LogP contribution in [0.5, 0.6) is 0 Å². The molecule has 6 heteroatoms. The average molecular weight is 293 g/mol. The van der Waals surface area contributed by atoms with Crippen LogP contribution >= 0.6 is 12.4 Å². The highest BCUT2D eigenvalue weighted by Crippen LogP contribution is 2.27. The minimum Gasteiger partial charge on any atom is -0.449 e. The fourth-order valence-electron chi connectivity index (χ4n) is 2.52. The second-order valence-electron chi connectivity index (χ2n) is 5.16. The number of rotatable bonds is 3. The summed E-state index contributed by atoms with van der Waals surface area (Å²) in [6, 6.07) is 0. The number of unbranched alkanes of at least 4 members (excludes halogenated alkanes) is 1. The number of nitrogens with zero attached hydrogens (tertiary/aromatic N) is 1. The molecular weight excluding hydrogens is 268 g/mol. The van der Waals surface area contributed by atoms with Crippen molar-refractivity contribution in [2.45, 2.75) is 38.2 Å². The maximum absolute atomic E-state index is 11.8. The quantitative estimate of drug-likeness (QED) is 0.806. The van der Waals surface area contributed by atoms with Crippen molar-refractivity contribution in [2.24, 2.45) is 0 Å². The van der Waals surface area contributed by atoms with Gasteiger partial charge in [0.1, 0.15) is 0 Å². The highest BCUT2D eigenvalue weighted by atomic mass is 35.5. The summed E-state index contributed by atoms with van der Waals surface area (Å²) in [5.41, 5.74) is -0.0432. The Kier molecular flexibility index (Phi) is 6.89. The molecule has 0 unspecified atom stereocenters. The van der Waals surface area contributed by atoms with Crippen LogP contribution in [-0.4, -0.2) is 56.0 Å². The number of hydrogen-bond acceptors (Lipinski definition) is 4. The van der Waals surface area contributed by atoms with Gasteiger partial charge in [-0.3, -0.25) is 0 Å². The number of nitrogens with one attached hydrogen (secondary N) is 1. The van der Waals surface area contributed by atoms with E-state index in [1.807, 2.05) is 0 Å². The third-order valence-corrected chi connectivity index (χ3v) is 3.79. The van der Waals surface area contributed by atoms with Gasteiger partial charge in [0.05, 0.1) is 18.8 Å². The summed E-state index contributed by atoms with van der Waals surface area (Å²) < 4.78 is 11.1. The lowest BCUT2D eigenvalue weighted by molar-refractivity contribution is -0.0971. The van der Waals surface area contributed by atoms with E-state index in [0.717, 1.165) is 58.5 Å². The van der Waals surface area contributed by atoms with Crippen molar-refractivity contribution in [3.63, 3.8) is 0 Å². The van der Waals surface area contributed by atoms with Gasteiger partial charge in [-0.05, 0) is 19.3 Å². The summed E-state index contributed by atoms with van der Waals surface area (Å²) in [6.45, 7) is 6.73. The summed E-state index contributed by atoms with van der Waals surface area (Å²) in [5, 5.41) is 3.37. The van der Waals surface area contributed by atoms with E-state index in [0.29, 0.717) is 6.61 Å². The van der Waals surface area contributed by atoms with Crippen LogP contribution in [0.3, 0.4) is 0 Å². The van der Waals surface area contributed by atoms with E-state index >= 15 is 0 Å². The van der Waals surface area contributed by atoms with Crippen LogP contribution in [0, 0.1) is 0 Å². The van der Waals surface area contributed by atoms with E-state index in [2.05, 4.69) is 12.2 Å². The molecule has 0 aromatic carbocycles. The van der Waals surface area contributed by atoms with Crippen molar-refractivity contribution in [1.82, 2.24) is 10.2 Å². The summed E-state index contributed by atoms with van der Waals surface area (Å²) in [4.78, 5) is 13.6. The van der Waals surface area contributed by atoms with Crippen molar-refractivity contribution in [1.29, 1.82) is 0 Å². The molecule has 2 saturated heterocycles. The zero-order chi connectivity index (χ0) is 12.8. The zero-order valence-corrected chi connectivity index (χ0v) is 12.5. The van der Waals surface area contributed by atoms with Crippen molar-refractivity contribution in [2.75, 3.05) is 39.4 Å². The maximum Gasteiger partial charge on any atom is 0.409 e. The molecule has 0 aromatic rings. The number of piperidine rings is 1. The van der Waals surface area contributed by atoms with E-state index in [1.54, 1.807) is 4.90 Å². The second-order valence-corrected chi connectivity index (χ2v) is 5.16. The lowest BCUT2D eigenvalue weighted by atomic mass is 9.90. The summed E-state index contributed by atoms with van der Waals surface area (Å²) in [6.07, 6.45) is 3.64. The van der Waals surface area contributed by atoms with Gasteiger partial charge in [0.15, 0.2) is 0 Å². The lowest BCUT2D eigenvalue weighted by Crippen LogP contribution is -2.56. The first-order valence-corrected chi connectivity index (χ1v) is 7.02. The molecule has 5 nitrogen and oxygen atoms in total. The number of likely N-dealkylation sites (tertiary alicyclic amines) is 1. The summed E-state index contributed by atoms with van der Waals surface area (Å²) in [5.74, 6) is 0. The van der Waals surface area contributed by atoms with Gasteiger partial charge in [0.2, 0.25) is 0 Å². The molecule has 0 aliphatic carbocycles. The smallest absolute Gasteiger partial charge is 0.409 e. The second kappa shape index (κ2) is 7.92. The van der Waals surface area contributed by atoms with E-state index < -0.39 is 0 Å². The molecular formula is C13H25ClN2O3. The molecule has 0 aromatic heterocycles. The Morgan fingerprint density at radius 1 is 1.42 bits per heavy atom. The largest absolute Gasteiger partial charge is 0.449 e. The molecule has 2 fully saturated rings. The zero-order valence-electron chi connectivity index (χ0n) is 11.7. The number of ether oxygens (including phenoxy) is 2. The third-order valence-electron chi connectivity index (χ3n) is 3.79. The Bertz CT molecular complexity index is 273. The Balaban J connectivity index is 0.00000180. The van der Waals surface area contributed by atoms with Crippen LogP contribution in [0.25, 0.3) is 0 Å². The van der Waals surface area contributed by atoms with Crippen molar-refractivity contribution in [3.8, 4) is 0 Å². The molecule has 0 radical (unpaired) electrons. The molecule has 112 valence electrons. The molecule has 2 rings (SSSR count). The fraction of sp³-hybridized carbons (Fsp3) is 0.923. The van der Waals surface area contributed by atoms with E-state index in [9.17, 15) is 4.79 Å². The predicted octanol–water partition coefficient (Wildman–Crippen LogP) is 1.80. The van der Waals surface area contributed by atoms with Gasteiger partial charge in [0, 0.05) is 26.2 Å². The van der Waals surface area contributed by atoms with Gasteiger partial charge in [-0.2, -0.15) is 0 Å². The minimum absolute atomic E-state index is 0. The van der Waals surface area contributed by atoms with Crippen LogP contribution in [0.1, 0.15) is 32.6 Å². The molecule has 2 aliphatic rings.